The molecule has 6 nitrogen and oxygen atoms in total. The van der Waals surface area contributed by atoms with Crippen molar-refractivity contribution < 1.29 is 14.3 Å². The zero-order chi connectivity index (χ0) is 18.9. The summed E-state index contributed by atoms with van der Waals surface area (Å²) >= 11 is 0. The molecule has 0 unspecified atom stereocenters. The van der Waals surface area contributed by atoms with E-state index in [2.05, 4.69) is 22.2 Å². The van der Waals surface area contributed by atoms with Crippen LogP contribution in [0.1, 0.15) is 55.8 Å². The quantitative estimate of drug-likeness (QED) is 0.717. The van der Waals surface area contributed by atoms with Crippen molar-refractivity contribution in [2.24, 2.45) is 0 Å². The maximum Gasteiger partial charge on any atom is 0.316 e. The van der Waals surface area contributed by atoms with Crippen molar-refractivity contribution in [3.05, 3.63) is 48.3 Å². The number of aromatic nitrogens is 2. The number of rotatable bonds is 8. The van der Waals surface area contributed by atoms with Crippen molar-refractivity contribution in [2.45, 2.75) is 57.6 Å². The summed E-state index contributed by atoms with van der Waals surface area (Å²) in [5, 5.41) is 3.12. The Morgan fingerprint density at radius 2 is 1.81 bits per heavy atom. The molecule has 1 aliphatic carbocycles. The highest BCUT2D eigenvalue weighted by molar-refractivity contribution is 5.94. The van der Waals surface area contributed by atoms with Gasteiger partial charge in [0, 0.05) is 24.0 Å². The van der Waals surface area contributed by atoms with Gasteiger partial charge >= 0.3 is 6.01 Å². The number of hydrogen-bond donors (Lipinski definition) is 1. The van der Waals surface area contributed by atoms with Gasteiger partial charge in [-0.15, -0.1) is 0 Å². The zero-order valence-electron chi connectivity index (χ0n) is 15.8. The minimum atomic E-state index is -0.0362. The summed E-state index contributed by atoms with van der Waals surface area (Å²) < 4.78 is 11.4. The van der Waals surface area contributed by atoms with E-state index in [0.29, 0.717) is 18.2 Å². The first kappa shape index (κ1) is 19.1. The average molecular weight is 369 g/mol. The van der Waals surface area contributed by atoms with E-state index in [9.17, 15) is 4.79 Å². The second-order valence-electron chi connectivity index (χ2n) is 6.82. The molecule has 1 aliphatic rings. The third kappa shape index (κ3) is 5.94. The van der Waals surface area contributed by atoms with Gasteiger partial charge in [0.05, 0.1) is 6.61 Å². The number of carbonyl (C=O) groups excluding carboxylic acids is 1. The Balaban J connectivity index is 1.42. The van der Waals surface area contributed by atoms with Crippen LogP contribution in [0.4, 0.5) is 0 Å². The number of ether oxygens (including phenoxy) is 2. The molecule has 6 heteroatoms. The summed E-state index contributed by atoms with van der Waals surface area (Å²) in [6.07, 6.45) is 9.14. The monoisotopic (exact) mass is 369 g/mol. The molecule has 1 aromatic carbocycles. The molecule has 3 rings (SSSR count). The SMILES string of the molecule is CCCCOc1ccc(C(=O)NC2CCC(Oc3ncccn3)CC2)cc1. The largest absolute Gasteiger partial charge is 0.494 e. The van der Waals surface area contributed by atoms with Gasteiger partial charge in [0.25, 0.3) is 5.91 Å². The van der Waals surface area contributed by atoms with Gasteiger partial charge in [-0.05, 0) is 62.4 Å². The number of benzene rings is 1. The van der Waals surface area contributed by atoms with E-state index in [4.69, 9.17) is 9.47 Å². The van der Waals surface area contributed by atoms with E-state index in [1.54, 1.807) is 18.5 Å². The van der Waals surface area contributed by atoms with Crippen molar-refractivity contribution in [2.75, 3.05) is 6.61 Å². The van der Waals surface area contributed by atoms with Crippen LogP contribution in [0.5, 0.6) is 11.8 Å². The Hall–Kier alpha value is -2.63. The van der Waals surface area contributed by atoms with Gasteiger partial charge in [-0.25, -0.2) is 9.97 Å². The van der Waals surface area contributed by atoms with Gasteiger partial charge < -0.3 is 14.8 Å². The standard InChI is InChI=1S/C21H27N3O3/c1-2-3-15-26-18-9-5-16(6-10-18)20(25)24-17-7-11-19(12-8-17)27-21-22-13-4-14-23-21/h4-6,9-10,13-14,17,19H,2-3,7-8,11-12,15H2,1H3,(H,24,25). The second-order valence-corrected chi connectivity index (χ2v) is 6.82. The normalized spacial score (nSPS) is 19.3. The number of unbranched alkanes of at least 4 members (excludes halogenated alkanes) is 1. The maximum atomic E-state index is 12.5. The predicted molar refractivity (Wildman–Crippen MR) is 103 cm³/mol. The lowest BCUT2D eigenvalue weighted by molar-refractivity contribution is 0.0885. The Bertz CT molecular complexity index is 698. The molecule has 0 bridgehead atoms. The Morgan fingerprint density at radius 3 is 2.48 bits per heavy atom. The first-order chi connectivity index (χ1) is 13.2. The molecule has 1 aromatic heterocycles. The molecule has 1 N–H and O–H groups in total. The molecule has 1 amide bonds. The molecule has 2 aromatic rings. The predicted octanol–water partition coefficient (Wildman–Crippen LogP) is 3.78. The first-order valence-corrected chi connectivity index (χ1v) is 9.72. The lowest BCUT2D eigenvalue weighted by Crippen LogP contribution is -2.39. The van der Waals surface area contributed by atoms with Crippen LogP contribution in [0.2, 0.25) is 0 Å². The minimum absolute atomic E-state index is 0.0362. The minimum Gasteiger partial charge on any atom is -0.494 e. The summed E-state index contributed by atoms with van der Waals surface area (Å²) in [5.41, 5.74) is 0.661. The third-order valence-corrected chi connectivity index (χ3v) is 4.71. The molecule has 0 atom stereocenters. The summed E-state index contributed by atoms with van der Waals surface area (Å²) in [6.45, 7) is 2.84. The molecular formula is C21H27N3O3. The smallest absolute Gasteiger partial charge is 0.316 e. The summed E-state index contributed by atoms with van der Waals surface area (Å²) in [5.74, 6) is 0.770. The van der Waals surface area contributed by atoms with Crippen LogP contribution in [0.25, 0.3) is 0 Å². The molecular weight excluding hydrogens is 342 g/mol. The molecule has 1 heterocycles. The molecule has 1 saturated carbocycles. The van der Waals surface area contributed by atoms with E-state index < -0.39 is 0 Å². The Kier molecular flexibility index (Phi) is 7.02. The van der Waals surface area contributed by atoms with Gasteiger partial charge in [-0.3, -0.25) is 4.79 Å². The molecule has 1 fully saturated rings. The lowest BCUT2D eigenvalue weighted by atomic mass is 9.92. The Morgan fingerprint density at radius 1 is 1.11 bits per heavy atom. The van der Waals surface area contributed by atoms with E-state index in [-0.39, 0.29) is 18.1 Å². The molecule has 0 saturated heterocycles. The Labute approximate surface area is 160 Å². The number of nitrogens with one attached hydrogen (secondary N) is 1. The highest BCUT2D eigenvalue weighted by Gasteiger charge is 2.24. The fraction of sp³-hybridized carbons (Fsp3) is 0.476. The van der Waals surface area contributed by atoms with Gasteiger partial charge in [0.2, 0.25) is 0 Å². The highest BCUT2D eigenvalue weighted by Crippen LogP contribution is 2.22. The second kappa shape index (κ2) is 9.90. The van der Waals surface area contributed by atoms with Crippen molar-refractivity contribution in [1.82, 2.24) is 15.3 Å². The maximum absolute atomic E-state index is 12.5. The van der Waals surface area contributed by atoms with Crippen LogP contribution in [-0.4, -0.2) is 34.6 Å². The molecule has 0 aliphatic heterocycles. The number of nitrogens with zero attached hydrogens (tertiary/aromatic N) is 2. The molecule has 0 radical (unpaired) electrons. The highest BCUT2D eigenvalue weighted by atomic mass is 16.5. The fourth-order valence-corrected chi connectivity index (χ4v) is 3.13. The van der Waals surface area contributed by atoms with E-state index in [1.807, 2.05) is 24.3 Å². The van der Waals surface area contributed by atoms with E-state index >= 15 is 0 Å². The van der Waals surface area contributed by atoms with Gasteiger partial charge in [-0.2, -0.15) is 0 Å². The van der Waals surface area contributed by atoms with Crippen LogP contribution in [0.3, 0.4) is 0 Å². The van der Waals surface area contributed by atoms with Crippen molar-refractivity contribution in [3.63, 3.8) is 0 Å². The lowest BCUT2D eigenvalue weighted by Gasteiger charge is -2.28. The summed E-state index contributed by atoms with van der Waals surface area (Å²) in [6, 6.07) is 9.71. The summed E-state index contributed by atoms with van der Waals surface area (Å²) in [4.78, 5) is 20.6. The van der Waals surface area contributed by atoms with Crippen LogP contribution in [-0.2, 0) is 0 Å². The third-order valence-electron chi connectivity index (χ3n) is 4.71. The van der Waals surface area contributed by atoms with Crippen LogP contribution in [0.15, 0.2) is 42.7 Å². The molecule has 144 valence electrons. The molecule has 27 heavy (non-hydrogen) atoms. The van der Waals surface area contributed by atoms with E-state index in [0.717, 1.165) is 44.3 Å². The van der Waals surface area contributed by atoms with Crippen LogP contribution >= 0.6 is 0 Å². The van der Waals surface area contributed by atoms with Gasteiger partial charge in [0.1, 0.15) is 11.9 Å². The van der Waals surface area contributed by atoms with Crippen molar-refractivity contribution in [3.8, 4) is 11.8 Å². The van der Waals surface area contributed by atoms with Crippen LogP contribution in [0, 0.1) is 0 Å². The van der Waals surface area contributed by atoms with Crippen molar-refractivity contribution in [1.29, 1.82) is 0 Å². The fourth-order valence-electron chi connectivity index (χ4n) is 3.13. The summed E-state index contributed by atoms with van der Waals surface area (Å²) in [7, 11) is 0. The van der Waals surface area contributed by atoms with E-state index in [1.165, 1.54) is 0 Å². The topological polar surface area (TPSA) is 73.3 Å². The van der Waals surface area contributed by atoms with Crippen LogP contribution < -0.4 is 14.8 Å². The molecule has 0 spiro atoms. The number of hydrogen-bond acceptors (Lipinski definition) is 5. The first-order valence-electron chi connectivity index (χ1n) is 9.72. The average Bonchev–Trinajstić information content (AvgIpc) is 2.71. The number of amides is 1. The van der Waals surface area contributed by atoms with Crippen molar-refractivity contribution >= 4 is 5.91 Å². The zero-order valence-corrected chi connectivity index (χ0v) is 15.8. The number of carbonyl (C=O) groups is 1. The van der Waals surface area contributed by atoms with Gasteiger partial charge in [0.15, 0.2) is 0 Å². The van der Waals surface area contributed by atoms with Gasteiger partial charge in [-0.1, -0.05) is 13.3 Å².